The smallest absolute Gasteiger partial charge is 0.240 e. The van der Waals surface area contributed by atoms with Crippen LogP contribution >= 0.6 is 0 Å². The number of sulfonamides is 1. The molecule has 4 rings (SSSR count). The minimum absolute atomic E-state index is 0.273. The maximum atomic E-state index is 12.8. The third-order valence-corrected chi connectivity index (χ3v) is 6.83. The highest BCUT2D eigenvalue weighted by atomic mass is 32.2. The fourth-order valence-corrected chi connectivity index (χ4v) is 4.94. The second kappa shape index (κ2) is 8.05. The summed E-state index contributed by atoms with van der Waals surface area (Å²) in [6.45, 7) is 6.57. The third kappa shape index (κ3) is 4.01. The topological polar surface area (TPSA) is 64.0 Å². The Morgan fingerprint density at radius 2 is 1.60 bits per heavy atom. The zero-order valence-electron chi connectivity index (χ0n) is 17.4. The number of imidazole rings is 1. The highest BCUT2D eigenvalue weighted by Crippen LogP contribution is 2.25. The Hall–Kier alpha value is -2.96. The first kappa shape index (κ1) is 20.3. The first-order valence-corrected chi connectivity index (χ1v) is 11.4. The van der Waals surface area contributed by atoms with Gasteiger partial charge in [-0.3, -0.25) is 0 Å². The fraction of sp³-hybridized carbons (Fsp3) is 0.208. The van der Waals surface area contributed by atoms with Crippen LogP contribution in [0.4, 0.5) is 0 Å². The van der Waals surface area contributed by atoms with E-state index in [1.807, 2.05) is 62.4 Å². The molecule has 4 aromatic rings. The van der Waals surface area contributed by atoms with Crippen LogP contribution in [0.15, 0.2) is 71.6 Å². The zero-order valence-corrected chi connectivity index (χ0v) is 18.2. The van der Waals surface area contributed by atoms with Crippen molar-refractivity contribution in [1.82, 2.24) is 14.3 Å². The third-order valence-electron chi connectivity index (χ3n) is 5.21. The number of nitrogens with one attached hydrogen (secondary N) is 1. The molecule has 0 amide bonds. The van der Waals surface area contributed by atoms with Gasteiger partial charge >= 0.3 is 0 Å². The summed E-state index contributed by atoms with van der Waals surface area (Å²) in [5.41, 5.74) is 5.86. The van der Waals surface area contributed by atoms with E-state index in [0.29, 0.717) is 11.4 Å². The number of para-hydroxylation sites is 2. The number of fused-ring (bicyclic) bond motifs is 1. The number of aromatic nitrogens is 2. The van der Waals surface area contributed by atoms with E-state index >= 15 is 0 Å². The Morgan fingerprint density at radius 3 is 2.33 bits per heavy atom. The molecule has 0 aliphatic heterocycles. The van der Waals surface area contributed by atoms with Gasteiger partial charge in [-0.2, -0.15) is 0 Å². The Bertz CT molecular complexity index is 1310. The molecule has 0 aliphatic carbocycles. The Morgan fingerprint density at radius 1 is 0.900 bits per heavy atom. The summed E-state index contributed by atoms with van der Waals surface area (Å²) in [7, 11) is -3.58. The lowest BCUT2D eigenvalue weighted by Gasteiger charge is -2.12. The van der Waals surface area contributed by atoms with Gasteiger partial charge in [0.1, 0.15) is 5.82 Å². The van der Waals surface area contributed by atoms with Crippen molar-refractivity contribution in [2.24, 2.45) is 0 Å². The fourth-order valence-electron chi connectivity index (χ4n) is 3.70. The molecule has 0 bridgehead atoms. The maximum absolute atomic E-state index is 12.8. The predicted molar refractivity (Wildman–Crippen MR) is 121 cm³/mol. The SMILES string of the molecule is Cc1ccc(-c2nc3ccccc3n2CCNS(=O)(=O)c2ccc(C)cc2C)cc1. The number of aryl methyl sites for hydroxylation is 3. The predicted octanol–water partition coefficient (Wildman–Crippen LogP) is 4.61. The van der Waals surface area contributed by atoms with E-state index in [4.69, 9.17) is 4.98 Å². The van der Waals surface area contributed by atoms with Crippen LogP contribution in [0.2, 0.25) is 0 Å². The van der Waals surface area contributed by atoms with E-state index in [1.54, 1.807) is 6.07 Å². The molecular formula is C24H25N3O2S. The van der Waals surface area contributed by atoms with Gasteiger partial charge in [0.2, 0.25) is 10.0 Å². The van der Waals surface area contributed by atoms with Gasteiger partial charge in [-0.1, -0.05) is 59.7 Å². The van der Waals surface area contributed by atoms with E-state index in [-0.39, 0.29) is 6.54 Å². The standard InChI is InChI=1S/C24H25N3O2S/c1-17-8-11-20(12-9-17)24-26-21-6-4-5-7-22(21)27(24)15-14-25-30(28,29)23-13-10-18(2)16-19(23)3/h4-13,16,25H,14-15H2,1-3H3. The second-order valence-electron chi connectivity index (χ2n) is 7.61. The van der Waals surface area contributed by atoms with Gasteiger partial charge in [0, 0.05) is 18.7 Å². The average Bonchev–Trinajstić information content (AvgIpc) is 3.07. The van der Waals surface area contributed by atoms with Gasteiger partial charge in [0.15, 0.2) is 0 Å². The summed E-state index contributed by atoms with van der Waals surface area (Å²) in [6.07, 6.45) is 0. The number of hydrogen-bond acceptors (Lipinski definition) is 3. The summed E-state index contributed by atoms with van der Waals surface area (Å²) in [6, 6.07) is 21.5. The Kier molecular flexibility index (Phi) is 5.45. The molecule has 0 atom stereocenters. The minimum Gasteiger partial charge on any atom is -0.323 e. The van der Waals surface area contributed by atoms with Crippen molar-refractivity contribution in [2.75, 3.05) is 6.54 Å². The van der Waals surface area contributed by atoms with Crippen LogP contribution in [0.3, 0.4) is 0 Å². The minimum atomic E-state index is -3.58. The van der Waals surface area contributed by atoms with Crippen molar-refractivity contribution in [3.63, 3.8) is 0 Å². The Balaban J connectivity index is 1.62. The van der Waals surface area contributed by atoms with Crippen LogP contribution in [0.1, 0.15) is 16.7 Å². The molecule has 5 nitrogen and oxygen atoms in total. The number of hydrogen-bond donors (Lipinski definition) is 1. The maximum Gasteiger partial charge on any atom is 0.240 e. The van der Waals surface area contributed by atoms with Crippen molar-refractivity contribution in [3.05, 3.63) is 83.4 Å². The summed E-state index contributed by atoms with van der Waals surface area (Å²) in [4.78, 5) is 5.12. The Labute approximate surface area is 177 Å². The summed E-state index contributed by atoms with van der Waals surface area (Å²) >= 11 is 0. The van der Waals surface area contributed by atoms with Gasteiger partial charge in [-0.15, -0.1) is 0 Å². The molecule has 3 aromatic carbocycles. The lowest BCUT2D eigenvalue weighted by atomic mass is 10.1. The molecule has 0 saturated heterocycles. The number of benzene rings is 3. The van der Waals surface area contributed by atoms with Gasteiger partial charge in [-0.25, -0.2) is 18.1 Å². The highest BCUT2D eigenvalue weighted by molar-refractivity contribution is 7.89. The van der Waals surface area contributed by atoms with Gasteiger partial charge in [0.05, 0.1) is 15.9 Å². The molecular weight excluding hydrogens is 394 g/mol. The molecule has 1 N–H and O–H groups in total. The molecule has 30 heavy (non-hydrogen) atoms. The van der Waals surface area contributed by atoms with Crippen LogP contribution in [-0.4, -0.2) is 24.5 Å². The summed E-state index contributed by atoms with van der Waals surface area (Å²) < 4.78 is 30.4. The van der Waals surface area contributed by atoms with Crippen molar-refractivity contribution >= 4 is 21.1 Å². The molecule has 154 valence electrons. The van der Waals surface area contributed by atoms with Crippen molar-refractivity contribution < 1.29 is 8.42 Å². The molecule has 1 heterocycles. The zero-order chi connectivity index (χ0) is 21.3. The molecule has 0 saturated carbocycles. The lowest BCUT2D eigenvalue weighted by molar-refractivity contribution is 0.574. The first-order chi connectivity index (χ1) is 14.3. The van der Waals surface area contributed by atoms with E-state index < -0.39 is 10.0 Å². The van der Waals surface area contributed by atoms with Crippen molar-refractivity contribution in [1.29, 1.82) is 0 Å². The van der Waals surface area contributed by atoms with E-state index in [0.717, 1.165) is 33.5 Å². The van der Waals surface area contributed by atoms with E-state index in [2.05, 4.69) is 28.3 Å². The number of rotatable bonds is 6. The molecule has 0 fully saturated rings. The summed E-state index contributed by atoms with van der Waals surface area (Å²) in [5, 5.41) is 0. The largest absolute Gasteiger partial charge is 0.323 e. The summed E-state index contributed by atoms with van der Waals surface area (Å²) in [5.74, 6) is 0.835. The number of nitrogens with zero attached hydrogens (tertiary/aromatic N) is 2. The van der Waals surface area contributed by atoms with Gasteiger partial charge in [-0.05, 0) is 44.5 Å². The van der Waals surface area contributed by atoms with Crippen LogP contribution in [0, 0.1) is 20.8 Å². The molecule has 0 radical (unpaired) electrons. The van der Waals surface area contributed by atoms with Gasteiger partial charge in [0.25, 0.3) is 0 Å². The van der Waals surface area contributed by atoms with Crippen molar-refractivity contribution in [2.45, 2.75) is 32.2 Å². The lowest BCUT2D eigenvalue weighted by Crippen LogP contribution is -2.28. The van der Waals surface area contributed by atoms with E-state index in [9.17, 15) is 8.42 Å². The van der Waals surface area contributed by atoms with Crippen LogP contribution in [0.5, 0.6) is 0 Å². The van der Waals surface area contributed by atoms with Gasteiger partial charge < -0.3 is 4.57 Å². The molecule has 6 heteroatoms. The van der Waals surface area contributed by atoms with Crippen molar-refractivity contribution in [3.8, 4) is 11.4 Å². The van der Waals surface area contributed by atoms with Crippen LogP contribution in [0.25, 0.3) is 22.4 Å². The van der Waals surface area contributed by atoms with Crippen LogP contribution < -0.4 is 4.72 Å². The average molecular weight is 420 g/mol. The molecule has 1 aromatic heterocycles. The monoisotopic (exact) mass is 419 g/mol. The highest BCUT2D eigenvalue weighted by Gasteiger charge is 2.17. The molecule has 0 unspecified atom stereocenters. The second-order valence-corrected chi connectivity index (χ2v) is 9.34. The van der Waals surface area contributed by atoms with Crippen LogP contribution in [-0.2, 0) is 16.6 Å². The quantitative estimate of drug-likeness (QED) is 0.496. The normalized spacial score (nSPS) is 11.8. The molecule has 0 spiro atoms. The molecule has 0 aliphatic rings. The first-order valence-electron chi connectivity index (χ1n) is 9.94. The van der Waals surface area contributed by atoms with E-state index in [1.165, 1.54) is 5.56 Å².